The van der Waals surface area contributed by atoms with Crippen molar-refractivity contribution in [3.8, 4) is 0 Å². The molecule has 0 aliphatic carbocycles. The lowest BCUT2D eigenvalue weighted by molar-refractivity contribution is 0.631. The predicted octanol–water partition coefficient (Wildman–Crippen LogP) is 4.77. The predicted molar refractivity (Wildman–Crippen MR) is 93.7 cm³/mol. The highest BCUT2D eigenvalue weighted by Crippen LogP contribution is 2.29. The zero-order valence-corrected chi connectivity index (χ0v) is 13.9. The fraction of sp³-hybridized carbons (Fsp3) is 0.118. The lowest BCUT2D eigenvalue weighted by Gasteiger charge is -2.12. The molecule has 0 saturated heterocycles. The normalized spacial score (nSPS) is 10.5. The number of aryl methyl sites for hydroxylation is 2. The van der Waals surface area contributed by atoms with Crippen LogP contribution in [0.2, 0.25) is 5.02 Å². The summed E-state index contributed by atoms with van der Waals surface area (Å²) in [5.74, 6) is 0.251. The van der Waals surface area contributed by atoms with E-state index in [-0.39, 0.29) is 11.6 Å². The molecule has 0 bridgehead atoms. The van der Waals surface area contributed by atoms with Crippen molar-refractivity contribution in [2.45, 2.75) is 13.8 Å². The Morgan fingerprint density at radius 1 is 1.08 bits per heavy atom. The molecule has 1 heterocycles. The van der Waals surface area contributed by atoms with Crippen LogP contribution in [0.1, 0.15) is 11.1 Å². The molecule has 0 amide bonds. The van der Waals surface area contributed by atoms with Gasteiger partial charge in [-0.25, -0.2) is 4.39 Å². The van der Waals surface area contributed by atoms with Crippen LogP contribution in [-0.4, -0.2) is 15.2 Å². The summed E-state index contributed by atoms with van der Waals surface area (Å²) in [5.41, 5.74) is 3.09. The van der Waals surface area contributed by atoms with Crippen LogP contribution in [0.4, 0.5) is 27.5 Å². The second kappa shape index (κ2) is 6.80. The van der Waals surface area contributed by atoms with Crippen molar-refractivity contribution in [2.75, 3.05) is 10.6 Å². The molecule has 24 heavy (non-hydrogen) atoms. The summed E-state index contributed by atoms with van der Waals surface area (Å²) in [6.45, 7) is 3.93. The molecule has 1 aromatic heterocycles. The number of hydrogen-bond acceptors (Lipinski definition) is 5. The molecule has 0 fully saturated rings. The van der Waals surface area contributed by atoms with Crippen molar-refractivity contribution in [3.05, 3.63) is 64.6 Å². The Morgan fingerprint density at radius 2 is 1.88 bits per heavy atom. The third kappa shape index (κ3) is 3.60. The first-order valence-electron chi connectivity index (χ1n) is 7.28. The van der Waals surface area contributed by atoms with Crippen molar-refractivity contribution in [2.24, 2.45) is 0 Å². The van der Waals surface area contributed by atoms with E-state index < -0.39 is 5.82 Å². The number of nitrogens with one attached hydrogen (secondary N) is 2. The van der Waals surface area contributed by atoms with Gasteiger partial charge in [-0.3, -0.25) is 0 Å². The molecule has 2 aromatic carbocycles. The second-order valence-corrected chi connectivity index (χ2v) is 5.74. The Bertz CT molecular complexity index is 861. The Hall–Kier alpha value is -2.73. The highest BCUT2D eigenvalue weighted by molar-refractivity contribution is 6.33. The summed E-state index contributed by atoms with van der Waals surface area (Å²) < 4.78 is 13.7. The van der Waals surface area contributed by atoms with Gasteiger partial charge < -0.3 is 10.6 Å². The number of nitrogens with zero attached hydrogens (tertiary/aromatic N) is 3. The van der Waals surface area contributed by atoms with Crippen molar-refractivity contribution in [3.63, 3.8) is 0 Å². The molecular formula is C17H15ClFN5. The molecule has 0 aliphatic rings. The topological polar surface area (TPSA) is 62.7 Å². The van der Waals surface area contributed by atoms with E-state index in [4.69, 9.17) is 11.6 Å². The van der Waals surface area contributed by atoms with Crippen LogP contribution in [-0.2, 0) is 0 Å². The molecule has 0 unspecified atom stereocenters. The molecule has 0 saturated carbocycles. The number of aromatic nitrogens is 3. The van der Waals surface area contributed by atoms with Gasteiger partial charge in [0.2, 0.25) is 5.95 Å². The molecule has 3 aromatic rings. The van der Waals surface area contributed by atoms with Crippen molar-refractivity contribution < 1.29 is 4.39 Å². The smallest absolute Gasteiger partial charge is 0.249 e. The number of anilines is 4. The Morgan fingerprint density at radius 3 is 2.62 bits per heavy atom. The first-order valence-corrected chi connectivity index (χ1v) is 7.66. The lowest BCUT2D eigenvalue weighted by Crippen LogP contribution is -2.04. The van der Waals surface area contributed by atoms with Crippen LogP contribution < -0.4 is 10.6 Å². The summed E-state index contributed by atoms with van der Waals surface area (Å²) >= 11 is 6.28. The molecular weight excluding hydrogens is 329 g/mol. The van der Waals surface area contributed by atoms with E-state index in [9.17, 15) is 4.39 Å². The van der Waals surface area contributed by atoms with E-state index in [1.54, 1.807) is 18.2 Å². The number of halogens is 2. The van der Waals surface area contributed by atoms with Crippen molar-refractivity contribution in [1.29, 1.82) is 0 Å². The summed E-state index contributed by atoms with van der Waals surface area (Å²) in [7, 11) is 0. The van der Waals surface area contributed by atoms with Gasteiger partial charge in [0.1, 0.15) is 5.82 Å². The average Bonchev–Trinajstić information content (AvgIpc) is 2.53. The maximum absolute atomic E-state index is 13.7. The van der Waals surface area contributed by atoms with E-state index in [0.29, 0.717) is 10.8 Å². The average molecular weight is 344 g/mol. The van der Waals surface area contributed by atoms with Crippen LogP contribution in [0.15, 0.2) is 42.6 Å². The zero-order chi connectivity index (χ0) is 17.1. The summed E-state index contributed by atoms with van der Waals surface area (Å²) in [6, 6.07) is 10.2. The molecule has 0 radical (unpaired) electrons. The van der Waals surface area contributed by atoms with E-state index in [2.05, 4.69) is 25.8 Å². The highest BCUT2D eigenvalue weighted by atomic mass is 35.5. The first-order chi connectivity index (χ1) is 11.5. The Kier molecular flexibility index (Phi) is 4.57. The highest BCUT2D eigenvalue weighted by Gasteiger charge is 2.09. The first kappa shape index (κ1) is 16.1. The van der Waals surface area contributed by atoms with Gasteiger partial charge in [0.15, 0.2) is 5.82 Å². The molecule has 0 spiro atoms. The molecule has 2 N–H and O–H groups in total. The lowest BCUT2D eigenvalue weighted by atomic mass is 10.1. The van der Waals surface area contributed by atoms with E-state index in [0.717, 1.165) is 16.8 Å². The second-order valence-electron chi connectivity index (χ2n) is 5.33. The minimum absolute atomic E-state index is 0.186. The fourth-order valence-corrected chi connectivity index (χ4v) is 2.67. The number of benzene rings is 2. The van der Waals surface area contributed by atoms with Crippen LogP contribution in [0.25, 0.3) is 0 Å². The minimum atomic E-state index is -0.392. The summed E-state index contributed by atoms with van der Waals surface area (Å²) in [4.78, 5) is 4.29. The van der Waals surface area contributed by atoms with Crippen LogP contribution in [0.5, 0.6) is 0 Å². The van der Waals surface area contributed by atoms with E-state index >= 15 is 0 Å². The number of para-hydroxylation sites is 1. The SMILES string of the molecule is Cc1cc(C)c(Nc2cnnc(Nc3ccccc3F)n2)c(Cl)c1. The van der Waals surface area contributed by atoms with Crippen LogP contribution >= 0.6 is 11.6 Å². The molecule has 0 atom stereocenters. The van der Waals surface area contributed by atoms with Gasteiger partial charge in [-0.2, -0.15) is 10.1 Å². The third-order valence-electron chi connectivity index (χ3n) is 3.36. The maximum atomic E-state index is 13.7. The standard InChI is InChI=1S/C17H15ClFN5/c1-10-7-11(2)16(12(18)8-10)22-15-9-20-24-17(23-15)21-14-6-4-3-5-13(14)19/h3-9H,1-2H3,(H2,21,22,23,24). The molecule has 122 valence electrons. The quantitative estimate of drug-likeness (QED) is 0.714. The summed E-state index contributed by atoms with van der Waals surface area (Å²) in [6.07, 6.45) is 1.47. The Labute approximate surface area is 143 Å². The summed E-state index contributed by atoms with van der Waals surface area (Å²) in [5, 5.41) is 14.3. The van der Waals surface area contributed by atoms with Gasteiger partial charge in [0.25, 0.3) is 0 Å². The van der Waals surface area contributed by atoms with E-state index in [1.807, 2.05) is 26.0 Å². The molecule has 3 rings (SSSR count). The Balaban J connectivity index is 1.85. The van der Waals surface area contributed by atoms with Crippen LogP contribution in [0.3, 0.4) is 0 Å². The van der Waals surface area contributed by atoms with Crippen molar-refractivity contribution >= 4 is 34.7 Å². The van der Waals surface area contributed by atoms with E-state index in [1.165, 1.54) is 12.3 Å². The minimum Gasteiger partial charge on any atom is -0.337 e. The van der Waals surface area contributed by atoms with Gasteiger partial charge in [0.05, 0.1) is 22.6 Å². The molecule has 5 nitrogen and oxygen atoms in total. The van der Waals surface area contributed by atoms with Gasteiger partial charge in [-0.1, -0.05) is 29.8 Å². The molecule has 0 aliphatic heterocycles. The van der Waals surface area contributed by atoms with Gasteiger partial charge >= 0.3 is 0 Å². The third-order valence-corrected chi connectivity index (χ3v) is 3.66. The van der Waals surface area contributed by atoms with Crippen molar-refractivity contribution in [1.82, 2.24) is 15.2 Å². The zero-order valence-electron chi connectivity index (χ0n) is 13.1. The van der Waals surface area contributed by atoms with Crippen LogP contribution in [0, 0.1) is 19.7 Å². The molecule has 7 heteroatoms. The largest absolute Gasteiger partial charge is 0.337 e. The number of hydrogen-bond donors (Lipinski definition) is 2. The van der Waals surface area contributed by atoms with Gasteiger partial charge in [-0.05, 0) is 43.2 Å². The number of rotatable bonds is 4. The van der Waals surface area contributed by atoms with Gasteiger partial charge in [0, 0.05) is 0 Å². The maximum Gasteiger partial charge on any atom is 0.249 e. The fourth-order valence-electron chi connectivity index (χ4n) is 2.30. The monoisotopic (exact) mass is 343 g/mol. The van der Waals surface area contributed by atoms with Gasteiger partial charge in [-0.15, -0.1) is 5.10 Å².